The quantitative estimate of drug-likeness (QED) is 0.722. The number of benzene rings is 1. The lowest BCUT2D eigenvalue weighted by Gasteiger charge is -2.25. The number of nitrogens with zero attached hydrogens (tertiary/aromatic N) is 4. The molecule has 0 bridgehead atoms. The molecule has 3 aromatic rings. The van der Waals surface area contributed by atoms with Gasteiger partial charge < -0.3 is 15.7 Å². The van der Waals surface area contributed by atoms with Crippen molar-refractivity contribution in [2.24, 2.45) is 0 Å². The molecule has 3 N–H and O–H groups in total. The summed E-state index contributed by atoms with van der Waals surface area (Å²) in [4.78, 5) is 15.0. The normalized spacial score (nSPS) is 17.6. The molecular weight excluding hydrogens is 358 g/mol. The summed E-state index contributed by atoms with van der Waals surface area (Å²) in [5.74, 6) is 1.06. The van der Waals surface area contributed by atoms with Crippen LogP contribution in [0.5, 0.6) is 0 Å². The van der Waals surface area contributed by atoms with Crippen LogP contribution in [-0.2, 0) is 11.0 Å². The minimum atomic E-state index is -1.15. The van der Waals surface area contributed by atoms with E-state index in [1.165, 1.54) is 16.9 Å². The summed E-state index contributed by atoms with van der Waals surface area (Å²) >= 11 is 1.45. The molecule has 1 aliphatic rings. The number of aromatic nitrogens is 3. The van der Waals surface area contributed by atoms with Crippen LogP contribution >= 0.6 is 11.3 Å². The first kappa shape index (κ1) is 17.9. The fraction of sp³-hybridized carbons (Fsp3) is 0.350. The second-order valence-corrected chi connectivity index (χ2v) is 8.74. The third kappa shape index (κ3) is 2.87. The van der Waals surface area contributed by atoms with Crippen LogP contribution in [0.4, 0.5) is 17.5 Å². The van der Waals surface area contributed by atoms with E-state index < -0.39 is 5.60 Å². The molecule has 0 radical (unpaired) electrons. The summed E-state index contributed by atoms with van der Waals surface area (Å²) in [5, 5.41) is 13.7. The predicted octanol–water partition coefficient (Wildman–Crippen LogP) is 3.51. The molecule has 7 heteroatoms. The van der Waals surface area contributed by atoms with E-state index in [0.717, 1.165) is 29.2 Å². The van der Waals surface area contributed by atoms with Crippen molar-refractivity contribution < 1.29 is 5.11 Å². The van der Waals surface area contributed by atoms with Crippen LogP contribution in [-0.4, -0.2) is 26.6 Å². The largest absolute Gasteiger partial charge is 0.378 e. The van der Waals surface area contributed by atoms with E-state index in [1.54, 1.807) is 19.3 Å². The van der Waals surface area contributed by atoms with Crippen LogP contribution in [0.15, 0.2) is 36.0 Å². The maximum Gasteiger partial charge on any atom is 0.221 e. The molecule has 0 fully saturated rings. The highest BCUT2D eigenvalue weighted by Gasteiger charge is 2.39. The van der Waals surface area contributed by atoms with Gasteiger partial charge in [-0.15, -0.1) is 11.3 Å². The molecule has 1 aliphatic heterocycles. The number of fused-ring (bicyclic) bond motifs is 1. The van der Waals surface area contributed by atoms with Crippen molar-refractivity contribution in [3.63, 3.8) is 0 Å². The highest BCUT2D eigenvalue weighted by atomic mass is 32.1. The molecule has 4 rings (SSSR count). The Morgan fingerprint density at radius 3 is 2.78 bits per heavy atom. The summed E-state index contributed by atoms with van der Waals surface area (Å²) < 4.78 is 0. The Hall–Kier alpha value is -2.51. The second-order valence-electron chi connectivity index (χ2n) is 7.85. The van der Waals surface area contributed by atoms with Gasteiger partial charge >= 0.3 is 0 Å². The topological polar surface area (TPSA) is 88.2 Å². The lowest BCUT2D eigenvalue weighted by molar-refractivity contribution is 0.102. The number of hydrogen-bond donors (Lipinski definition) is 2. The summed E-state index contributed by atoms with van der Waals surface area (Å²) in [6.07, 6.45) is 3.46. The van der Waals surface area contributed by atoms with Crippen molar-refractivity contribution in [2.45, 2.75) is 38.7 Å². The van der Waals surface area contributed by atoms with E-state index in [4.69, 9.17) is 5.73 Å². The Labute approximate surface area is 162 Å². The van der Waals surface area contributed by atoms with Crippen molar-refractivity contribution in [2.75, 3.05) is 17.2 Å². The highest BCUT2D eigenvalue weighted by Crippen LogP contribution is 2.46. The van der Waals surface area contributed by atoms with Crippen LogP contribution in [0.2, 0.25) is 0 Å². The van der Waals surface area contributed by atoms with Crippen molar-refractivity contribution in [1.29, 1.82) is 0 Å². The molecule has 0 aliphatic carbocycles. The second kappa shape index (κ2) is 6.00. The Balaban J connectivity index is 1.86. The zero-order valence-electron chi connectivity index (χ0n) is 15.9. The maximum absolute atomic E-state index is 11.1. The molecule has 140 valence electrons. The van der Waals surface area contributed by atoms with Gasteiger partial charge in [-0.25, -0.2) is 9.97 Å². The molecule has 6 nitrogen and oxygen atoms in total. The van der Waals surface area contributed by atoms with Gasteiger partial charge in [0.1, 0.15) is 16.4 Å². The van der Waals surface area contributed by atoms with Gasteiger partial charge in [0, 0.05) is 41.0 Å². The molecule has 1 atom stereocenters. The molecule has 3 heterocycles. The number of anilines is 3. The summed E-state index contributed by atoms with van der Waals surface area (Å²) in [5.41, 5.74) is 8.68. The molecule has 0 spiro atoms. The Morgan fingerprint density at radius 1 is 1.30 bits per heavy atom. The number of hydrogen-bond acceptors (Lipinski definition) is 7. The van der Waals surface area contributed by atoms with Gasteiger partial charge in [-0.2, -0.15) is 4.98 Å². The van der Waals surface area contributed by atoms with Crippen LogP contribution < -0.4 is 10.6 Å². The minimum Gasteiger partial charge on any atom is -0.378 e. The summed E-state index contributed by atoms with van der Waals surface area (Å²) in [6, 6.07) is 6.14. The van der Waals surface area contributed by atoms with Crippen molar-refractivity contribution in [3.8, 4) is 0 Å². The van der Waals surface area contributed by atoms with Crippen molar-refractivity contribution >= 4 is 28.8 Å². The van der Waals surface area contributed by atoms with E-state index in [-0.39, 0.29) is 11.4 Å². The van der Waals surface area contributed by atoms with Crippen LogP contribution in [0.3, 0.4) is 0 Å². The minimum absolute atomic E-state index is 0.0486. The number of nitrogens with two attached hydrogens (primary N) is 1. The van der Waals surface area contributed by atoms with Gasteiger partial charge in [-0.1, -0.05) is 26.0 Å². The van der Waals surface area contributed by atoms with Crippen LogP contribution in [0.1, 0.15) is 42.5 Å². The first-order chi connectivity index (χ1) is 12.7. The number of thiazole rings is 1. The smallest absolute Gasteiger partial charge is 0.221 e. The lowest BCUT2D eigenvalue weighted by atomic mass is 9.85. The van der Waals surface area contributed by atoms with Crippen molar-refractivity contribution in [1.82, 2.24) is 15.0 Å². The highest BCUT2D eigenvalue weighted by molar-refractivity contribution is 7.09. The number of nitrogen functional groups attached to an aromatic ring is 1. The molecule has 0 amide bonds. The Kier molecular flexibility index (Phi) is 3.98. The Morgan fingerprint density at radius 2 is 2.07 bits per heavy atom. The van der Waals surface area contributed by atoms with E-state index in [2.05, 4.69) is 39.8 Å². The average Bonchev–Trinajstić information content (AvgIpc) is 3.24. The fourth-order valence-corrected chi connectivity index (χ4v) is 4.41. The first-order valence-electron chi connectivity index (χ1n) is 8.84. The number of aryl methyl sites for hydroxylation is 1. The van der Waals surface area contributed by atoms with E-state index in [1.807, 2.05) is 24.4 Å². The standard InChI is InChI=1S/C20H23N5OS/c1-12-10-23-18(21)24-16(12)25-11-19(2,3)14-6-5-13(9-15(14)25)20(4,26)17-22-7-8-27-17/h5-10,26H,11H2,1-4H3,(H2,21,23,24)/t20-/m0/s1. The zero-order valence-corrected chi connectivity index (χ0v) is 16.7. The van der Waals surface area contributed by atoms with Gasteiger partial charge in [0.2, 0.25) is 5.95 Å². The molecule has 27 heavy (non-hydrogen) atoms. The summed E-state index contributed by atoms with van der Waals surface area (Å²) in [7, 11) is 0. The van der Waals surface area contributed by atoms with Crippen LogP contribution in [0, 0.1) is 6.92 Å². The fourth-order valence-electron chi connectivity index (χ4n) is 3.69. The van der Waals surface area contributed by atoms with Gasteiger partial charge in [0.15, 0.2) is 0 Å². The van der Waals surface area contributed by atoms with Gasteiger partial charge in [-0.3, -0.25) is 0 Å². The van der Waals surface area contributed by atoms with Crippen LogP contribution in [0.25, 0.3) is 0 Å². The molecule has 0 unspecified atom stereocenters. The maximum atomic E-state index is 11.1. The molecule has 0 saturated carbocycles. The zero-order chi connectivity index (χ0) is 19.4. The first-order valence-corrected chi connectivity index (χ1v) is 9.72. The van der Waals surface area contributed by atoms with E-state index in [9.17, 15) is 5.11 Å². The Bertz CT molecular complexity index is 998. The molecule has 0 saturated heterocycles. The predicted molar refractivity (Wildman–Crippen MR) is 108 cm³/mol. The molecule has 2 aromatic heterocycles. The molecule has 1 aromatic carbocycles. The lowest BCUT2D eigenvalue weighted by Crippen LogP contribution is -2.26. The van der Waals surface area contributed by atoms with E-state index in [0.29, 0.717) is 5.01 Å². The van der Waals surface area contributed by atoms with Crippen molar-refractivity contribution in [3.05, 3.63) is 57.7 Å². The third-order valence-corrected chi connectivity index (χ3v) is 6.19. The SMILES string of the molecule is Cc1cnc(N)nc1N1CC(C)(C)c2ccc([C@](C)(O)c3nccs3)cc21. The third-order valence-electron chi connectivity index (χ3n) is 5.20. The molecular formula is C20H23N5OS. The number of aliphatic hydroxyl groups is 1. The van der Waals surface area contributed by atoms with E-state index >= 15 is 0 Å². The average molecular weight is 382 g/mol. The number of rotatable bonds is 3. The monoisotopic (exact) mass is 381 g/mol. The summed E-state index contributed by atoms with van der Waals surface area (Å²) in [6.45, 7) is 8.97. The van der Waals surface area contributed by atoms with Gasteiger partial charge in [-0.05, 0) is 31.0 Å². The van der Waals surface area contributed by atoms with Gasteiger partial charge in [0.25, 0.3) is 0 Å². The van der Waals surface area contributed by atoms with Gasteiger partial charge in [0.05, 0.1) is 0 Å².